The zero-order valence-electron chi connectivity index (χ0n) is 9.81. The van der Waals surface area contributed by atoms with Gasteiger partial charge in [0.15, 0.2) is 0 Å². The van der Waals surface area contributed by atoms with Crippen molar-refractivity contribution >= 4 is 27.7 Å². The summed E-state index contributed by atoms with van der Waals surface area (Å²) < 4.78 is 2.06. The van der Waals surface area contributed by atoms with Gasteiger partial charge in [-0.1, -0.05) is 40.5 Å². The molecule has 0 saturated heterocycles. The van der Waals surface area contributed by atoms with Crippen LogP contribution in [0.15, 0.2) is 5.16 Å². The first-order chi connectivity index (χ1) is 8.33. The average molecular weight is 317 g/mol. The number of hydrogen-bond acceptors (Lipinski definition) is 4. The third-order valence-corrected chi connectivity index (χ3v) is 6.35. The Labute approximate surface area is 114 Å². The van der Waals surface area contributed by atoms with Crippen LogP contribution in [0.5, 0.6) is 0 Å². The number of rotatable bonds is 5. The van der Waals surface area contributed by atoms with E-state index in [4.69, 9.17) is 0 Å². The number of alkyl halides is 1. The van der Waals surface area contributed by atoms with Gasteiger partial charge < -0.3 is 0 Å². The third kappa shape index (κ3) is 2.52. The van der Waals surface area contributed by atoms with E-state index in [-0.39, 0.29) is 0 Å². The van der Waals surface area contributed by atoms with E-state index in [0.717, 1.165) is 16.2 Å². The normalized spacial score (nSPS) is 23.1. The summed E-state index contributed by atoms with van der Waals surface area (Å²) in [6.45, 7) is 0. The molecule has 0 aliphatic heterocycles. The maximum Gasteiger partial charge on any atom is 0.209 e. The Balaban J connectivity index is 1.64. The van der Waals surface area contributed by atoms with Crippen molar-refractivity contribution in [3.63, 3.8) is 0 Å². The first-order valence-corrected chi connectivity index (χ1v) is 8.40. The molecular formula is C11H17BrN4S. The van der Waals surface area contributed by atoms with E-state index in [1.807, 2.05) is 11.8 Å². The van der Waals surface area contributed by atoms with Crippen LogP contribution in [0.3, 0.4) is 0 Å². The summed E-state index contributed by atoms with van der Waals surface area (Å²) in [5, 5.41) is 14.3. The molecule has 0 radical (unpaired) electrons. The number of nitrogens with zero attached hydrogens (tertiary/aromatic N) is 4. The molecule has 0 amide bonds. The van der Waals surface area contributed by atoms with Crippen molar-refractivity contribution in [2.45, 2.75) is 49.7 Å². The Kier molecular flexibility index (Phi) is 3.43. The molecule has 2 aliphatic carbocycles. The van der Waals surface area contributed by atoms with Crippen LogP contribution in [0.2, 0.25) is 0 Å². The van der Waals surface area contributed by atoms with Gasteiger partial charge in [0.05, 0.1) is 6.04 Å². The molecule has 3 rings (SSSR count). The molecule has 1 heterocycles. The maximum atomic E-state index is 4.18. The smallest absolute Gasteiger partial charge is 0.209 e. The van der Waals surface area contributed by atoms with Crippen LogP contribution >= 0.6 is 27.7 Å². The number of thioether (sulfide) groups is 1. The average Bonchev–Trinajstić information content (AvgIpc) is 2.81. The van der Waals surface area contributed by atoms with Crippen molar-refractivity contribution in [3.05, 3.63) is 0 Å². The summed E-state index contributed by atoms with van der Waals surface area (Å²) in [4.78, 5) is 0. The van der Waals surface area contributed by atoms with Crippen molar-refractivity contribution < 1.29 is 0 Å². The predicted octanol–water partition coefficient (Wildman–Crippen LogP) is 3.06. The van der Waals surface area contributed by atoms with Crippen molar-refractivity contribution in [1.82, 2.24) is 20.2 Å². The van der Waals surface area contributed by atoms with Crippen LogP contribution in [-0.4, -0.2) is 31.3 Å². The fourth-order valence-corrected chi connectivity index (χ4v) is 4.63. The minimum atomic E-state index is 0.525. The van der Waals surface area contributed by atoms with Crippen LogP contribution in [0, 0.1) is 5.41 Å². The molecule has 0 spiro atoms. The lowest BCUT2D eigenvalue weighted by atomic mass is 10.2. The number of hydrogen-bond donors (Lipinski definition) is 0. The molecule has 2 fully saturated rings. The molecule has 0 N–H and O–H groups in total. The Morgan fingerprint density at radius 3 is 2.76 bits per heavy atom. The van der Waals surface area contributed by atoms with Crippen molar-refractivity contribution in [1.29, 1.82) is 0 Å². The van der Waals surface area contributed by atoms with Gasteiger partial charge in [0, 0.05) is 11.1 Å². The van der Waals surface area contributed by atoms with Gasteiger partial charge in [-0.3, -0.25) is 0 Å². The third-order valence-electron chi connectivity index (χ3n) is 3.88. The highest BCUT2D eigenvalue weighted by Gasteiger charge is 2.41. The maximum absolute atomic E-state index is 4.18. The summed E-state index contributed by atoms with van der Waals surface area (Å²) >= 11 is 5.44. The molecule has 0 bridgehead atoms. The standard InChI is InChI=1S/C11H17BrN4S/c12-7-11(5-6-11)8-17-10-13-14-15-16(10)9-3-1-2-4-9/h9H,1-8H2. The lowest BCUT2D eigenvalue weighted by Gasteiger charge is -2.13. The van der Waals surface area contributed by atoms with Crippen LogP contribution in [0.1, 0.15) is 44.6 Å². The summed E-state index contributed by atoms with van der Waals surface area (Å²) in [6.07, 6.45) is 7.80. The lowest BCUT2D eigenvalue weighted by Crippen LogP contribution is -2.11. The zero-order valence-corrected chi connectivity index (χ0v) is 12.2. The molecule has 1 aromatic heterocycles. The molecule has 1 aromatic rings. The van der Waals surface area contributed by atoms with E-state index >= 15 is 0 Å². The highest BCUT2D eigenvalue weighted by Crippen LogP contribution is 2.50. The first kappa shape index (κ1) is 12.0. The highest BCUT2D eigenvalue weighted by molar-refractivity contribution is 9.09. The Hall–Kier alpha value is -0.100. The number of halogens is 1. The minimum absolute atomic E-state index is 0.525. The minimum Gasteiger partial charge on any atom is -0.217 e. The van der Waals surface area contributed by atoms with Gasteiger partial charge in [0.25, 0.3) is 0 Å². The quantitative estimate of drug-likeness (QED) is 0.618. The SMILES string of the molecule is BrCC1(CSc2nnnn2C2CCCC2)CC1. The molecule has 2 aliphatic rings. The molecular weight excluding hydrogens is 300 g/mol. The summed E-state index contributed by atoms with van der Waals surface area (Å²) in [7, 11) is 0. The molecule has 4 nitrogen and oxygen atoms in total. The van der Waals surface area contributed by atoms with Gasteiger partial charge in [-0.15, -0.1) is 5.10 Å². The van der Waals surface area contributed by atoms with Crippen LogP contribution in [0.4, 0.5) is 0 Å². The fourth-order valence-electron chi connectivity index (χ4n) is 2.37. The van der Waals surface area contributed by atoms with Gasteiger partial charge in [-0.2, -0.15) is 0 Å². The van der Waals surface area contributed by atoms with E-state index in [1.165, 1.54) is 38.5 Å². The number of aromatic nitrogens is 4. The summed E-state index contributed by atoms with van der Waals surface area (Å²) in [5.41, 5.74) is 0.525. The van der Waals surface area contributed by atoms with Crippen molar-refractivity contribution in [2.24, 2.45) is 5.41 Å². The topological polar surface area (TPSA) is 43.6 Å². The molecule has 2 saturated carbocycles. The largest absolute Gasteiger partial charge is 0.217 e. The zero-order chi connectivity index (χ0) is 11.7. The van der Waals surface area contributed by atoms with Gasteiger partial charge in [-0.25, -0.2) is 4.68 Å². The molecule has 0 atom stereocenters. The second-order valence-corrected chi connectivity index (χ2v) is 6.77. The van der Waals surface area contributed by atoms with Crippen molar-refractivity contribution in [3.8, 4) is 0 Å². The van der Waals surface area contributed by atoms with Crippen LogP contribution in [-0.2, 0) is 0 Å². The van der Waals surface area contributed by atoms with Gasteiger partial charge in [0.2, 0.25) is 5.16 Å². The van der Waals surface area contributed by atoms with E-state index < -0.39 is 0 Å². The lowest BCUT2D eigenvalue weighted by molar-refractivity contribution is 0.422. The Morgan fingerprint density at radius 2 is 2.12 bits per heavy atom. The van der Waals surface area contributed by atoms with Crippen LogP contribution < -0.4 is 0 Å². The fraction of sp³-hybridized carbons (Fsp3) is 0.909. The molecule has 17 heavy (non-hydrogen) atoms. The van der Waals surface area contributed by atoms with E-state index in [1.54, 1.807) is 0 Å². The predicted molar refractivity (Wildman–Crippen MR) is 71.5 cm³/mol. The molecule has 94 valence electrons. The van der Waals surface area contributed by atoms with Crippen LogP contribution in [0.25, 0.3) is 0 Å². The van der Waals surface area contributed by atoms with Gasteiger partial charge in [-0.05, 0) is 41.5 Å². The Morgan fingerprint density at radius 1 is 1.35 bits per heavy atom. The van der Waals surface area contributed by atoms with Gasteiger partial charge >= 0.3 is 0 Å². The summed E-state index contributed by atoms with van der Waals surface area (Å²) in [6, 6.07) is 0.548. The second kappa shape index (κ2) is 4.88. The van der Waals surface area contributed by atoms with E-state index in [0.29, 0.717) is 11.5 Å². The Bertz CT molecular complexity index is 385. The summed E-state index contributed by atoms with van der Waals surface area (Å²) in [5.74, 6) is 1.14. The number of tetrazole rings is 1. The second-order valence-electron chi connectivity index (χ2n) is 5.27. The first-order valence-electron chi connectivity index (χ1n) is 6.30. The molecule has 0 aromatic carbocycles. The van der Waals surface area contributed by atoms with Crippen molar-refractivity contribution in [2.75, 3.05) is 11.1 Å². The molecule has 0 unspecified atom stereocenters. The van der Waals surface area contributed by atoms with E-state index in [2.05, 4.69) is 36.1 Å². The van der Waals surface area contributed by atoms with E-state index in [9.17, 15) is 0 Å². The van der Waals surface area contributed by atoms with Gasteiger partial charge in [0.1, 0.15) is 0 Å². The monoisotopic (exact) mass is 316 g/mol. The molecule has 6 heteroatoms. The highest BCUT2D eigenvalue weighted by atomic mass is 79.9.